The second-order valence-corrected chi connectivity index (χ2v) is 3.73. The Labute approximate surface area is 112 Å². The number of hydrogen-bond donors (Lipinski definition) is 2. The summed E-state index contributed by atoms with van der Waals surface area (Å²) in [7, 11) is 1.34. The van der Waals surface area contributed by atoms with Gasteiger partial charge in [-0.3, -0.25) is 9.59 Å². The van der Waals surface area contributed by atoms with Crippen LogP contribution in [-0.2, 0) is 20.7 Å². The predicted octanol–water partition coefficient (Wildman–Crippen LogP) is 1.11. The third-order valence-electron chi connectivity index (χ3n) is 2.18. The number of benzene rings is 1. The molecule has 100 valence electrons. The van der Waals surface area contributed by atoms with E-state index >= 15 is 0 Å². The summed E-state index contributed by atoms with van der Waals surface area (Å²) in [6, 6.07) is 6.44. The molecule has 0 spiro atoms. The number of methoxy groups -OCH3 is 1. The van der Waals surface area contributed by atoms with E-state index < -0.39 is 6.04 Å². The average Bonchev–Trinajstić information content (AvgIpc) is 2.29. The summed E-state index contributed by atoms with van der Waals surface area (Å²) in [6.45, 7) is 1.60. The number of amides is 1. The quantitative estimate of drug-likeness (QED) is 0.805. The minimum atomic E-state index is -0.570. The Bertz CT molecular complexity index is 422. The summed E-state index contributed by atoms with van der Waals surface area (Å²) in [6.07, 6.45) is 0.179. The number of nitrogens with two attached hydrogens (primary N) is 1. The van der Waals surface area contributed by atoms with Gasteiger partial charge in [0.05, 0.1) is 19.6 Å². The average molecular weight is 273 g/mol. The molecule has 0 bridgehead atoms. The van der Waals surface area contributed by atoms with E-state index in [1.165, 1.54) is 7.11 Å². The lowest BCUT2D eigenvalue weighted by Gasteiger charge is -2.08. The van der Waals surface area contributed by atoms with Crippen LogP contribution < -0.4 is 11.1 Å². The van der Waals surface area contributed by atoms with Crippen molar-refractivity contribution in [2.75, 3.05) is 12.4 Å². The third kappa shape index (κ3) is 5.16. The highest BCUT2D eigenvalue weighted by molar-refractivity contribution is 5.94. The fourth-order valence-electron chi connectivity index (χ4n) is 1.25. The zero-order chi connectivity index (χ0) is 12.8. The summed E-state index contributed by atoms with van der Waals surface area (Å²) in [4.78, 5) is 22.5. The van der Waals surface area contributed by atoms with Gasteiger partial charge >= 0.3 is 5.97 Å². The number of ether oxygens (including phenoxy) is 1. The van der Waals surface area contributed by atoms with Gasteiger partial charge in [-0.15, -0.1) is 12.4 Å². The number of hydrogen-bond acceptors (Lipinski definition) is 4. The lowest BCUT2D eigenvalue weighted by atomic mass is 10.1. The number of carbonyl (C=O) groups excluding carboxylic acids is 2. The number of nitrogens with one attached hydrogen (secondary N) is 1. The first-order valence-electron chi connectivity index (χ1n) is 5.25. The van der Waals surface area contributed by atoms with Crippen LogP contribution in [0.3, 0.4) is 0 Å². The van der Waals surface area contributed by atoms with Gasteiger partial charge in [-0.25, -0.2) is 0 Å². The molecule has 1 aromatic carbocycles. The molecule has 0 unspecified atom stereocenters. The van der Waals surface area contributed by atoms with Crippen LogP contribution in [0.2, 0.25) is 0 Å². The Hall–Kier alpha value is -1.59. The largest absolute Gasteiger partial charge is 0.469 e. The second-order valence-electron chi connectivity index (χ2n) is 3.73. The highest BCUT2D eigenvalue weighted by Crippen LogP contribution is 2.11. The Balaban J connectivity index is 0.00000289. The molecule has 0 aliphatic rings. The van der Waals surface area contributed by atoms with Crippen LogP contribution in [0.15, 0.2) is 24.3 Å². The maximum absolute atomic E-state index is 11.4. The molecule has 18 heavy (non-hydrogen) atoms. The maximum atomic E-state index is 11.4. The Morgan fingerprint density at radius 2 is 2.11 bits per heavy atom. The lowest BCUT2D eigenvalue weighted by molar-refractivity contribution is -0.139. The summed E-state index contributed by atoms with van der Waals surface area (Å²) in [5, 5.41) is 2.66. The molecule has 0 saturated heterocycles. The van der Waals surface area contributed by atoms with Gasteiger partial charge < -0.3 is 15.8 Å². The molecular weight excluding hydrogens is 256 g/mol. The molecule has 1 amide bonds. The number of anilines is 1. The molecule has 0 saturated carbocycles. The van der Waals surface area contributed by atoms with Gasteiger partial charge in [0, 0.05) is 5.69 Å². The predicted molar refractivity (Wildman–Crippen MR) is 71.7 cm³/mol. The van der Waals surface area contributed by atoms with Crippen molar-refractivity contribution in [1.82, 2.24) is 0 Å². The van der Waals surface area contributed by atoms with Crippen molar-refractivity contribution in [2.24, 2.45) is 5.73 Å². The Kier molecular flexibility index (Phi) is 7.00. The monoisotopic (exact) mass is 272 g/mol. The molecule has 1 aromatic rings. The third-order valence-corrected chi connectivity index (χ3v) is 2.18. The van der Waals surface area contributed by atoms with Gasteiger partial charge in [-0.1, -0.05) is 12.1 Å². The fourth-order valence-corrected chi connectivity index (χ4v) is 1.25. The molecule has 5 nitrogen and oxygen atoms in total. The highest BCUT2D eigenvalue weighted by atomic mass is 35.5. The molecule has 0 aliphatic heterocycles. The molecular formula is C12H17ClN2O3. The van der Waals surface area contributed by atoms with Gasteiger partial charge in [0.15, 0.2) is 0 Å². The zero-order valence-corrected chi connectivity index (χ0v) is 11.1. The zero-order valence-electron chi connectivity index (χ0n) is 10.3. The van der Waals surface area contributed by atoms with Gasteiger partial charge in [0.1, 0.15) is 0 Å². The summed E-state index contributed by atoms with van der Waals surface area (Å²) in [5.74, 6) is -0.583. The van der Waals surface area contributed by atoms with E-state index in [4.69, 9.17) is 5.73 Å². The topological polar surface area (TPSA) is 81.4 Å². The van der Waals surface area contributed by atoms with E-state index in [0.717, 1.165) is 5.56 Å². The summed E-state index contributed by atoms with van der Waals surface area (Å²) >= 11 is 0. The van der Waals surface area contributed by atoms with Crippen LogP contribution in [0.25, 0.3) is 0 Å². The highest BCUT2D eigenvalue weighted by Gasteiger charge is 2.08. The molecule has 0 heterocycles. The Morgan fingerprint density at radius 3 is 2.67 bits per heavy atom. The van der Waals surface area contributed by atoms with E-state index in [2.05, 4.69) is 10.1 Å². The molecule has 6 heteroatoms. The van der Waals surface area contributed by atoms with Crippen molar-refractivity contribution in [1.29, 1.82) is 0 Å². The molecule has 1 rings (SSSR count). The summed E-state index contributed by atoms with van der Waals surface area (Å²) < 4.78 is 4.57. The SMILES string of the molecule is COC(=O)Cc1cccc(NC(=O)[C@@H](C)N)c1.Cl. The normalized spacial score (nSPS) is 11.1. The Morgan fingerprint density at radius 1 is 1.44 bits per heavy atom. The molecule has 1 atom stereocenters. The van der Waals surface area contributed by atoms with Crippen LogP contribution in [-0.4, -0.2) is 25.0 Å². The number of rotatable bonds is 4. The van der Waals surface area contributed by atoms with Crippen LogP contribution >= 0.6 is 12.4 Å². The van der Waals surface area contributed by atoms with E-state index in [1.807, 2.05) is 0 Å². The first-order chi connectivity index (χ1) is 8.02. The van der Waals surface area contributed by atoms with Crippen molar-refractivity contribution >= 4 is 30.0 Å². The molecule has 0 aromatic heterocycles. The summed E-state index contributed by atoms with van der Waals surface area (Å²) in [5.41, 5.74) is 6.83. The number of esters is 1. The standard InChI is InChI=1S/C12H16N2O3.ClH/c1-8(13)12(16)14-10-5-3-4-9(6-10)7-11(15)17-2;/h3-6,8H,7,13H2,1-2H3,(H,14,16);1H/t8-;/m1./s1. The lowest BCUT2D eigenvalue weighted by Crippen LogP contribution is -2.32. The van der Waals surface area contributed by atoms with E-state index in [9.17, 15) is 9.59 Å². The van der Waals surface area contributed by atoms with Crippen LogP contribution in [0.5, 0.6) is 0 Å². The van der Waals surface area contributed by atoms with E-state index in [1.54, 1.807) is 31.2 Å². The molecule has 0 radical (unpaired) electrons. The molecule has 0 aliphatic carbocycles. The van der Waals surface area contributed by atoms with Crippen molar-refractivity contribution < 1.29 is 14.3 Å². The van der Waals surface area contributed by atoms with Crippen molar-refractivity contribution in [2.45, 2.75) is 19.4 Å². The van der Waals surface area contributed by atoms with Crippen LogP contribution in [0.4, 0.5) is 5.69 Å². The molecule has 3 N–H and O–H groups in total. The van der Waals surface area contributed by atoms with Gasteiger partial charge in [0.25, 0.3) is 0 Å². The van der Waals surface area contributed by atoms with Crippen molar-refractivity contribution in [3.05, 3.63) is 29.8 Å². The van der Waals surface area contributed by atoms with E-state index in [-0.39, 0.29) is 30.7 Å². The van der Waals surface area contributed by atoms with Gasteiger partial charge in [-0.2, -0.15) is 0 Å². The van der Waals surface area contributed by atoms with Crippen LogP contribution in [0.1, 0.15) is 12.5 Å². The van der Waals surface area contributed by atoms with E-state index in [0.29, 0.717) is 5.69 Å². The smallest absolute Gasteiger partial charge is 0.309 e. The number of carbonyl (C=O) groups is 2. The molecule has 0 fully saturated rings. The van der Waals surface area contributed by atoms with Crippen molar-refractivity contribution in [3.8, 4) is 0 Å². The van der Waals surface area contributed by atoms with Crippen molar-refractivity contribution in [3.63, 3.8) is 0 Å². The first-order valence-corrected chi connectivity index (χ1v) is 5.25. The van der Waals surface area contributed by atoms with Crippen LogP contribution in [0, 0.1) is 0 Å². The second kappa shape index (κ2) is 7.68. The maximum Gasteiger partial charge on any atom is 0.309 e. The van der Waals surface area contributed by atoms with Gasteiger partial charge in [0.2, 0.25) is 5.91 Å². The fraction of sp³-hybridized carbons (Fsp3) is 0.333. The first kappa shape index (κ1) is 16.4. The minimum absolute atomic E-state index is 0. The minimum Gasteiger partial charge on any atom is -0.469 e. The van der Waals surface area contributed by atoms with Gasteiger partial charge in [-0.05, 0) is 24.6 Å². The number of halogens is 1.